The molecular formula is C12H17N. The van der Waals surface area contributed by atoms with Crippen LogP contribution >= 0.6 is 0 Å². The van der Waals surface area contributed by atoms with Crippen LogP contribution in [0.4, 0.5) is 0 Å². The fourth-order valence-electron chi connectivity index (χ4n) is 2.01. The Morgan fingerprint density at radius 1 is 1.23 bits per heavy atom. The molecule has 1 atom stereocenters. The molecule has 1 aromatic carbocycles. The van der Waals surface area contributed by atoms with Crippen molar-refractivity contribution in [1.29, 1.82) is 0 Å². The minimum Gasteiger partial charge on any atom is -0.296 e. The van der Waals surface area contributed by atoms with Gasteiger partial charge in [-0.2, -0.15) is 0 Å². The molecule has 1 fully saturated rings. The van der Waals surface area contributed by atoms with Crippen molar-refractivity contribution >= 4 is 0 Å². The SMILES string of the molecule is CC1CN(C(C)c2ccccc2)C1. The molecule has 0 amide bonds. The number of benzene rings is 1. The van der Waals surface area contributed by atoms with E-state index in [1.165, 1.54) is 18.7 Å². The lowest BCUT2D eigenvalue weighted by atomic mass is 9.97. The standard InChI is InChI=1S/C12H17N/c1-10-8-13(9-10)11(2)12-6-4-3-5-7-12/h3-7,10-11H,8-9H2,1-2H3. The van der Waals surface area contributed by atoms with Crippen LogP contribution < -0.4 is 0 Å². The summed E-state index contributed by atoms with van der Waals surface area (Å²) >= 11 is 0. The van der Waals surface area contributed by atoms with Crippen molar-refractivity contribution in [1.82, 2.24) is 4.90 Å². The zero-order valence-electron chi connectivity index (χ0n) is 8.40. The maximum absolute atomic E-state index is 2.53. The van der Waals surface area contributed by atoms with Gasteiger partial charge < -0.3 is 0 Å². The number of nitrogens with zero attached hydrogens (tertiary/aromatic N) is 1. The Morgan fingerprint density at radius 2 is 1.85 bits per heavy atom. The average Bonchev–Trinajstić information content (AvgIpc) is 2.13. The second kappa shape index (κ2) is 3.51. The van der Waals surface area contributed by atoms with Crippen molar-refractivity contribution < 1.29 is 0 Å². The second-order valence-electron chi connectivity index (χ2n) is 4.15. The summed E-state index contributed by atoms with van der Waals surface area (Å²) in [5.74, 6) is 0.895. The topological polar surface area (TPSA) is 3.24 Å². The van der Waals surface area contributed by atoms with E-state index in [-0.39, 0.29) is 0 Å². The summed E-state index contributed by atoms with van der Waals surface area (Å²) in [4.78, 5) is 2.53. The zero-order valence-corrected chi connectivity index (χ0v) is 8.40. The summed E-state index contributed by atoms with van der Waals surface area (Å²) in [6.07, 6.45) is 0. The molecule has 1 unspecified atom stereocenters. The van der Waals surface area contributed by atoms with Gasteiger partial charge in [0.15, 0.2) is 0 Å². The minimum absolute atomic E-state index is 0.595. The third kappa shape index (κ3) is 1.75. The molecule has 1 aliphatic rings. The van der Waals surface area contributed by atoms with E-state index in [2.05, 4.69) is 49.1 Å². The molecular weight excluding hydrogens is 158 g/mol. The van der Waals surface area contributed by atoms with Crippen molar-refractivity contribution in [3.8, 4) is 0 Å². The summed E-state index contributed by atoms with van der Waals surface area (Å²) in [5.41, 5.74) is 1.44. The van der Waals surface area contributed by atoms with Gasteiger partial charge in [0.1, 0.15) is 0 Å². The maximum Gasteiger partial charge on any atom is 0.0320 e. The molecule has 0 aliphatic carbocycles. The lowest BCUT2D eigenvalue weighted by Gasteiger charge is -2.41. The van der Waals surface area contributed by atoms with E-state index < -0.39 is 0 Å². The molecule has 0 radical (unpaired) electrons. The number of likely N-dealkylation sites (tertiary alicyclic amines) is 1. The Balaban J connectivity index is 2.02. The molecule has 1 aliphatic heterocycles. The Bertz CT molecular complexity index is 262. The minimum atomic E-state index is 0.595. The number of rotatable bonds is 2. The Morgan fingerprint density at radius 3 is 2.38 bits per heavy atom. The van der Waals surface area contributed by atoms with E-state index >= 15 is 0 Å². The van der Waals surface area contributed by atoms with Gasteiger partial charge in [0.25, 0.3) is 0 Å². The van der Waals surface area contributed by atoms with Crippen LogP contribution in [0.25, 0.3) is 0 Å². The predicted octanol–water partition coefficient (Wildman–Crippen LogP) is 2.70. The quantitative estimate of drug-likeness (QED) is 0.668. The molecule has 13 heavy (non-hydrogen) atoms. The first-order chi connectivity index (χ1) is 6.27. The first-order valence-electron chi connectivity index (χ1n) is 5.06. The fraction of sp³-hybridized carbons (Fsp3) is 0.500. The Hall–Kier alpha value is -0.820. The van der Waals surface area contributed by atoms with Gasteiger partial charge >= 0.3 is 0 Å². The molecule has 1 heterocycles. The fourth-order valence-corrected chi connectivity index (χ4v) is 2.01. The van der Waals surface area contributed by atoms with E-state index in [9.17, 15) is 0 Å². The van der Waals surface area contributed by atoms with Crippen LogP contribution in [-0.2, 0) is 0 Å². The van der Waals surface area contributed by atoms with Crippen LogP contribution in [0.1, 0.15) is 25.5 Å². The van der Waals surface area contributed by atoms with Gasteiger partial charge in [0.05, 0.1) is 0 Å². The van der Waals surface area contributed by atoms with Crippen molar-refractivity contribution in [3.63, 3.8) is 0 Å². The lowest BCUT2D eigenvalue weighted by molar-refractivity contribution is 0.0702. The normalized spacial score (nSPS) is 21.1. The van der Waals surface area contributed by atoms with E-state index in [0.29, 0.717) is 6.04 Å². The molecule has 1 aromatic rings. The van der Waals surface area contributed by atoms with Gasteiger partial charge in [-0.05, 0) is 18.4 Å². The van der Waals surface area contributed by atoms with Crippen LogP contribution in [0.15, 0.2) is 30.3 Å². The highest BCUT2D eigenvalue weighted by Gasteiger charge is 2.27. The third-order valence-electron chi connectivity index (χ3n) is 2.92. The molecule has 1 nitrogen and oxygen atoms in total. The van der Waals surface area contributed by atoms with Crippen molar-refractivity contribution in [2.24, 2.45) is 5.92 Å². The lowest BCUT2D eigenvalue weighted by Crippen LogP contribution is -2.46. The number of hydrogen-bond acceptors (Lipinski definition) is 1. The van der Waals surface area contributed by atoms with Crippen LogP contribution in [0, 0.1) is 5.92 Å². The van der Waals surface area contributed by atoms with E-state index in [4.69, 9.17) is 0 Å². The second-order valence-corrected chi connectivity index (χ2v) is 4.15. The largest absolute Gasteiger partial charge is 0.296 e. The summed E-state index contributed by atoms with van der Waals surface area (Å²) in [6, 6.07) is 11.3. The molecule has 70 valence electrons. The van der Waals surface area contributed by atoms with Crippen LogP contribution in [0.2, 0.25) is 0 Å². The van der Waals surface area contributed by atoms with E-state index in [1.807, 2.05) is 0 Å². The highest BCUT2D eigenvalue weighted by Crippen LogP contribution is 2.27. The van der Waals surface area contributed by atoms with Gasteiger partial charge in [-0.25, -0.2) is 0 Å². The van der Waals surface area contributed by atoms with Gasteiger partial charge in [-0.1, -0.05) is 37.3 Å². The van der Waals surface area contributed by atoms with Crippen molar-refractivity contribution in [2.45, 2.75) is 19.9 Å². The molecule has 0 aromatic heterocycles. The Labute approximate surface area is 80.4 Å². The molecule has 2 rings (SSSR count). The first kappa shape index (κ1) is 8.76. The molecule has 0 bridgehead atoms. The molecule has 0 saturated carbocycles. The average molecular weight is 175 g/mol. The highest BCUT2D eigenvalue weighted by atomic mass is 15.2. The molecule has 0 spiro atoms. The summed E-state index contributed by atoms with van der Waals surface area (Å²) in [6.45, 7) is 7.13. The van der Waals surface area contributed by atoms with Crippen LogP contribution in [0.3, 0.4) is 0 Å². The number of hydrogen-bond donors (Lipinski definition) is 0. The van der Waals surface area contributed by atoms with E-state index in [0.717, 1.165) is 5.92 Å². The zero-order chi connectivity index (χ0) is 9.26. The third-order valence-corrected chi connectivity index (χ3v) is 2.92. The molecule has 1 saturated heterocycles. The van der Waals surface area contributed by atoms with Crippen LogP contribution in [0.5, 0.6) is 0 Å². The molecule has 0 N–H and O–H groups in total. The molecule has 1 heteroatoms. The summed E-state index contributed by atoms with van der Waals surface area (Å²) < 4.78 is 0. The highest BCUT2D eigenvalue weighted by molar-refractivity contribution is 5.18. The van der Waals surface area contributed by atoms with E-state index in [1.54, 1.807) is 0 Å². The van der Waals surface area contributed by atoms with Crippen molar-refractivity contribution in [3.05, 3.63) is 35.9 Å². The van der Waals surface area contributed by atoms with Crippen molar-refractivity contribution in [2.75, 3.05) is 13.1 Å². The smallest absolute Gasteiger partial charge is 0.0320 e. The maximum atomic E-state index is 2.53. The summed E-state index contributed by atoms with van der Waals surface area (Å²) in [5, 5.41) is 0. The van der Waals surface area contributed by atoms with Gasteiger partial charge in [-0.15, -0.1) is 0 Å². The predicted molar refractivity (Wildman–Crippen MR) is 55.6 cm³/mol. The van der Waals surface area contributed by atoms with Crippen LogP contribution in [-0.4, -0.2) is 18.0 Å². The Kier molecular flexibility index (Phi) is 2.36. The monoisotopic (exact) mass is 175 g/mol. The van der Waals surface area contributed by atoms with Gasteiger partial charge in [0.2, 0.25) is 0 Å². The first-order valence-corrected chi connectivity index (χ1v) is 5.06. The van der Waals surface area contributed by atoms with Gasteiger partial charge in [0, 0.05) is 19.1 Å². The summed E-state index contributed by atoms with van der Waals surface area (Å²) in [7, 11) is 0. The van der Waals surface area contributed by atoms with Gasteiger partial charge in [-0.3, -0.25) is 4.90 Å².